The molecule has 1 nitrogen and oxygen atoms in total. The Hall–Kier alpha value is -0.0400. The van der Waals surface area contributed by atoms with Crippen molar-refractivity contribution in [2.45, 2.75) is 65.8 Å². The molecule has 1 unspecified atom stereocenters. The second-order valence-corrected chi connectivity index (χ2v) is 5.17. The molecule has 0 radical (unpaired) electrons. The van der Waals surface area contributed by atoms with Gasteiger partial charge in [-0.2, -0.15) is 0 Å². The summed E-state index contributed by atoms with van der Waals surface area (Å²) in [6.45, 7) is 9.22. The van der Waals surface area contributed by atoms with E-state index in [0.717, 1.165) is 11.8 Å². The highest BCUT2D eigenvalue weighted by molar-refractivity contribution is 4.68. The summed E-state index contributed by atoms with van der Waals surface area (Å²) in [5.41, 5.74) is 0. The van der Waals surface area contributed by atoms with Crippen molar-refractivity contribution >= 4 is 0 Å². The highest BCUT2D eigenvalue weighted by Gasteiger charge is 2.09. The predicted molar refractivity (Wildman–Crippen MR) is 65.6 cm³/mol. The lowest BCUT2D eigenvalue weighted by Gasteiger charge is -2.19. The zero-order valence-electron chi connectivity index (χ0n) is 10.8. The second-order valence-electron chi connectivity index (χ2n) is 5.17. The van der Waals surface area contributed by atoms with Gasteiger partial charge in [-0.3, -0.25) is 0 Å². The first-order valence-electron chi connectivity index (χ1n) is 6.25. The van der Waals surface area contributed by atoms with Gasteiger partial charge in [0, 0.05) is 6.04 Å². The Morgan fingerprint density at radius 3 is 1.86 bits per heavy atom. The summed E-state index contributed by atoms with van der Waals surface area (Å²) in [5.74, 6) is 1.64. The van der Waals surface area contributed by atoms with Crippen LogP contribution in [0.1, 0.15) is 59.8 Å². The van der Waals surface area contributed by atoms with E-state index >= 15 is 0 Å². The van der Waals surface area contributed by atoms with Crippen LogP contribution >= 0.6 is 0 Å². The van der Waals surface area contributed by atoms with E-state index < -0.39 is 0 Å². The zero-order chi connectivity index (χ0) is 11.0. The van der Waals surface area contributed by atoms with Gasteiger partial charge < -0.3 is 5.32 Å². The van der Waals surface area contributed by atoms with E-state index in [1.807, 2.05) is 0 Å². The molecule has 1 N–H and O–H groups in total. The van der Waals surface area contributed by atoms with E-state index in [1.54, 1.807) is 0 Å². The van der Waals surface area contributed by atoms with Crippen LogP contribution in [0.4, 0.5) is 0 Å². The van der Waals surface area contributed by atoms with Crippen molar-refractivity contribution < 1.29 is 0 Å². The third kappa shape index (κ3) is 7.37. The highest BCUT2D eigenvalue weighted by Crippen LogP contribution is 2.13. The van der Waals surface area contributed by atoms with E-state index in [2.05, 4.69) is 40.1 Å². The first kappa shape index (κ1) is 14.0. The highest BCUT2D eigenvalue weighted by atomic mass is 14.9. The molecule has 0 bridgehead atoms. The quantitative estimate of drug-likeness (QED) is 0.586. The summed E-state index contributed by atoms with van der Waals surface area (Å²) in [5, 5.41) is 3.40. The summed E-state index contributed by atoms with van der Waals surface area (Å²) in [4.78, 5) is 0. The lowest BCUT2D eigenvalue weighted by Crippen LogP contribution is -2.30. The van der Waals surface area contributed by atoms with Crippen molar-refractivity contribution in [3.63, 3.8) is 0 Å². The molecule has 86 valence electrons. The van der Waals surface area contributed by atoms with Crippen LogP contribution in [0.5, 0.6) is 0 Å². The molecule has 0 aliphatic carbocycles. The van der Waals surface area contributed by atoms with Crippen LogP contribution in [0.15, 0.2) is 0 Å². The molecule has 0 aromatic heterocycles. The fourth-order valence-electron chi connectivity index (χ4n) is 1.90. The van der Waals surface area contributed by atoms with Crippen molar-refractivity contribution in [1.82, 2.24) is 5.32 Å². The first-order valence-corrected chi connectivity index (χ1v) is 6.25. The van der Waals surface area contributed by atoms with Crippen LogP contribution in [-0.2, 0) is 0 Å². The Kier molecular flexibility index (Phi) is 8.26. The Morgan fingerprint density at radius 2 is 1.43 bits per heavy atom. The largest absolute Gasteiger partial charge is 0.317 e. The zero-order valence-corrected chi connectivity index (χ0v) is 10.8. The van der Waals surface area contributed by atoms with Crippen LogP contribution in [0.2, 0.25) is 0 Å². The van der Waals surface area contributed by atoms with Gasteiger partial charge in [-0.15, -0.1) is 0 Å². The van der Waals surface area contributed by atoms with Crippen LogP contribution in [-0.4, -0.2) is 13.1 Å². The van der Waals surface area contributed by atoms with E-state index in [9.17, 15) is 0 Å². The minimum atomic E-state index is 0.717. The minimum absolute atomic E-state index is 0.717. The van der Waals surface area contributed by atoms with Crippen molar-refractivity contribution in [1.29, 1.82) is 0 Å². The second kappa shape index (κ2) is 8.28. The Bertz CT molecular complexity index is 118. The normalized spacial score (nSPS) is 13.9. The monoisotopic (exact) mass is 199 g/mol. The van der Waals surface area contributed by atoms with Crippen molar-refractivity contribution in [2.24, 2.45) is 11.8 Å². The molecule has 0 amide bonds. The molecule has 0 aliphatic rings. The summed E-state index contributed by atoms with van der Waals surface area (Å²) in [7, 11) is 2.08. The lowest BCUT2D eigenvalue weighted by molar-refractivity contribution is 0.383. The standard InChI is InChI=1S/C13H29N/c1-11(2)9-7-6-8-10-13(14-5)12(3)4/h11-14H,6-10H2,1-5H3. The first-order chi connectivity index (χ1) is 6.57. The number of rotatable bonds is 8. The van der Waals surface area contributed by atoms with Crippen LogP contribution in [0.25, 0.3) is 0 Å². The Morgan fingerprint density at radius 1 is 0.857 bits per heavy atom. The predicted octanol–water partition coefficient (Wildman–Crippen LogP) is 3.84. The van der Waals surface area contributed by atoms with Gasteiger partial charge >= 0.3 is 0 Å². The number of hydrogen-bond donors (Lipinski definition) is 1. The molecule has 14 heavy (non-hydrogen) atoms. The fourth-order valence-corrected chi connectivity index (χ4v) is 1.90. The molecule has 0 rings (SSSR count). The van der Waals surface area contributed by atoms with Crippen LogP contribution in [0, 0.1) is 11.8 Å². The van der Waals surface area contributed by atoms with Gasteiger partial charge in [0.15, 0.2) is 0 Å². The Balaban J connectivity index is 3.33. The van der Waals surface area contributed by atoms with E-state index in [0.29, 0.717) is 6.04 Å². The fraction of sp³-hybridized carbons (Fsp3) is 1.00. The minimum Gasteiger partial charge on any atom is -0.317 e. The molecule has 1 heteroatoms. The summed E-state index contributed by atoms with van der Waals surface area (Å²) >= 11 is 0. The van der Waals surface area contributed by atoms with Gasteiger partial charge in [-0.1, -0.05) is 53.4 Å². The third-order valence-electron chi connectivity index (χ3n) is 2.97. The maximum atomic E-state index is 3.40. The molecule has 0 aromatic rings. The number of hydrogen-bond acceptors (Lipinski definition) is 1. The van der Waals surface area contributed by atoms with Gasteiger partial charge in [0.2, 0.25) is 0 Å². The van der Waals surface area contributed by atoms with Crippen molar-refractivity contribution in [3.8, 4) is 0 Å². The van der Waals surface area contributed by atoms with Gasteiger partial charge in [-0.25, -0.2) is 0 Å². The summed E-state index contributed by atoms with van der Waals surface area (Å²) in [6, 6.07) is 0.717. The molecule has 0 saturated carbocycles. The van der Waals surface area contributed by atoms with Crippen molar-refractivity contribution in [3.05, 3.63) is 0 Å². The number of nitrogens with one attached hydrogen (secondary N) is 1. The molecule has 0 spiro atoms. The molecular weight excluding hydrogens is 170 g/mol. The van der Waals surface area contributed by atoms with E-state index in [4.69, 9.17) is 0 Å². The molecule has 0 aliphatic heterocycles. The van der Waals surface area contributed by atoms with Gasteiger partial charge in [0.05, 0.1) is 0 Å². The summed E-state index contributed by atoms with van der Waals surface area (Å²) < 4.78 is 0. The average molecular weight is 199 g/mol. The van der Waals surface area contributed by atoms with Gasteiger partial charge in [-0.05, 0) is 25.3 Å². The van der Waals surface area contributed by atoms with Gasteiger partial charge in [0.25, 0.3) is 0 Å². The van der Waals surface area contributed by atoms with Crippen LogP contribution < -0.4 is 5.32 Å². The van der Waals surface area contributed by atoms with Crippen LogP contribution in [0.3, 0.4) is 0 Å². The maximum absolute atomic E-state index is 3.40. The van der Waals surface area contributed by atoms with Gasteiger partial charge in [0.1, 0.15) is 0 Å². The molecular formula is C13H29N. The molecule has 0 heterocycles. The molecule has 0 aromatic carbocycles. The smallest absolute Gasteiger partial charge is 0.00870 e. The average Bonchev–Trinajstić information content (AvgIpc) is 2.10. The van der Waals surface area contributed by atoms with Crippen molar-refractivity contribution in [2.75, 3.05) is 7.05 Å². The molecule has 0 saturated heterocycles. The van der Waals surface area contributed by atoms with E-state index in [1.165, 1.54) is 32.1 Å². The molecule has 1 atom stereocenters. The topological polar surface area (TPSA) is 12.0 Å². The maximum Gasteiger partial charge on any atom is 0.00870 e. The SMILES string of the molecule is CNC(CCCCCC(C)C)C(C)C. The lowest BCUT2D eigenvalue weighted by atomic mass is 9.97. The Labute approximate surface area is 90.7 Å². The third-order valence-corrected chi connectivity index (χ3v) is 2.97. The van der Waals surface area contributed by atoms with E-state index in [-0.39, 0.29) is 0 Å². The molecule has 0 fully saturated rings. The summed E-state index contributed by atoms with van der Waals surface area (Å²) in [6.07, 6.45) is 6.93. The number of unbranched alkanes of at least 4 members (excludes halogenated alkanes) is 2.